The second kappa shape index (κ2) is 7.74. The number of thiophene rings is 1. The number of carbonyl (C=O) groups is 1. The first kappa shape index (κ1) is 21.3. The van der Waals surface area contributed by atoms with Crippen molar-refractivity contribution in [1.29, 1.82) is 0 Å². The molecule has 0 fully saturated rings. The van der Waals surface area contributed by atoms with Gasteiger partial charge in [-0.05, 0) is 51.6 Å². The smallest absolute Gasteiger partial charge is 0.193 e. The Morgan fingerprint density at radius 3 is 2.14 bits per heavy atom. The van der Waals surface area contributed by atoms with Crippen molar-refractivity contribution >= 4 is 37.3 Å². The highest BCUT2D eigenvalue weighted by Crippen LogP contribution is 2.43. The molecule has 1 aromatic heterocycles. The number of hydrogen-bond acceptors (Lipinski definition) is 2. The van der Waals surface area contributed by atoms with Crippen LogP contribution in [0.3, 0.4) is 0 Å². The summed E-state index contributed by atoms with van der Waals surface area (Å²) < 4.78 is 2.63. The SMILES string of the molecule is CC1(C)c2ccccc2C(=O)c2cc(-c3cccc(-c4cccc5c4sc4ccccc45)c3)ccc21. The number of ketones is 1. The Morgan fingerprint density at radius 2 is 1.22 bits per heavy atom. The van der Waals surface area contributed by atoms with Gasteiger partial charge in [0, 0.05) is 36.7 Å². The summed E-state index contributed by atoms with van der Waals surface area (Å²) in [5, 5.41) is 2.62. The molecule has 36 heavy (non-hydrogen) atoms. The van der Waals surface area contributed by atoms with Crippen LogP contribution in [0.25, 0.3) is 42.4 Å². The van der Waals surface area contributed by atoms with Gasteiger partial charge in [-0.1, -0.05) is 105 Å². The average molecular weight is 481 g/mol. The molecule has 0 bridgehead atoms. The maximum atomic E-state index is 13.5. The molecule has 0 atom stereocenters. The second-order valence-corrected chi connectivity index (χ2v) is 11.2. The third kappa shape index (κ3) is 3.04. The van der Waals surface area contributed by atoms with Gasteiger partial charge in [-0.3, -0.25) is 4.79 Å². The summed E-state index contributed by atoms with van der Waals surface area (Å²) in [5.74, 6) is 0.118. The summed E-state index contributed by atoms with van der Waals surface area (Å²) in [6, 6.07) is 38.4. The molecule has 0 aliphatic heterocycles. The van der Waals surface area contributed by atoms with Gasteiger partial charge in [-0.25, -0.2) is 0 Å². The largest absolute Gasteiger partial charge is 0.289 e. The zero-order valence-electron chi connectivity index (χ0n) is 20.2. The van der Waals surface area contributed by atoms with E-state index in [1.807, 2.05) is 29.5 Å². The number of fused-ring (bicyclic) bond motifs is 5. The van der Waals surface area contributed by atoms with Crippen molar-refractivity contribution in [3.05, 3.63) is 131 Å². The first-order valence-electron chi connectivity index (χ1n) is 12.3. The Labute approximate surface area is 214 Å². The highest BCUT2D eigenvalue weighted by atomic mass is 32.1. The van der Waals surface area contributed by atoms with E-state index in [1.165, 1.54) is 31.3 Å². The normalized spacial score (nSPS) is 14.1. The van der Waals surface area contributed by atoms with Crippen molar-refractivity contribution < 1.29 is 4.79 Å². The van der Waals surface area contributed by atoms with Gasteiger partial charge in [0.1, 0.15) is 0 Å². The van der Waals surface area contributed by atoms with Crippen molar-refractivity contribution in [2.75, 3.05) is 0 Å². The van der Waals surface area contributed by atoms with E-state index in [-0.39, 0.29) is 11.2 Å². The van der Waals surface area contributed by atoms with E-state index in [9.17, 15) is 4.79 Å². The Kier molecular flexibility index (Phi) is 4.58. The summed E-state index contributed by atoms with van der Waals surface area (Å²) in [4.78, 5) is 13.5. The fourth-order valence-corrected chi connectivity index (χ4v) is 7.05. The molecule has 0 radical (unpaired) electrons. The monoisotopic (exact) mass is 480 g/mol. The maximum absolute atomic E-state index is 13.5. The molecule has 0 spiro atoms. The van der Waals surface area contributed by atoms with Crippen LogP contribution in [0.4, 0.5) is 0 Å². The van der Waals surface area contributed by atoms with Crippen molar-refractivity contribution in [1.82, 2.24) is 0 Å². The highest BCUT2D eigenvalue weighted by molar-refractivity contribution is 7.26. The minimum absolute atomic E-state index is 0.118. The summed E-state index contributed by atoms with van der Waals surface area (Å²) in [7, 11) is 0. The first-order chi connectivity index (χ1) is 17.5. The summed E-state index contributed by atoms with van der Waals surface area (Å²) in [6.45, 7) is 4.42. The predicted molar refractivity (Wildman–Crippen MR) is 152 cm³/mol. The van der Waals surface area contributed by atoms with Gasteiger partial charge in [0.25, 0.3) is 0 Å². The Hall–Kier alpha value is -4.01. The van der Waals surface area contributed by atoms with Crippen LogP contribution in [0.1, 0.15) is 40.9 Å². The fraction of sp³-hybridized carbons (Fsp3) is 0.0882. The van der Waals surface area contributed by atoms with Gasteiger partial charge in [0.15, 0.2) is 5.78 Å². The van der Waals surface area contributed by atoms with E-state index >= 15 is 0 Å². The molecule has 5 aromatic carbocycles. The predicted octanol–water partition coefficient (Wildman–Crippen LogP) is 9.26. The summed E-state index contributed by atoms with van der Waals surface area (Å²) in [6.07, 6.45) is 0. The lowest BCUT2D eigenvalue weighted by Gasteiger charge is -2.34. The molecule has 0 saturated carbocycles. The quantitative estimate of drug-likeness (QED) is 0.241. The Morgan fingerprint density at radius 1 is 0.556 bits per heavy atom. The van der Waals surface area contributed by atoms with Crippen LogP contribution in [0.5, 0.6) is 0 Å². The highest BCUT2D eigenvalue weighted by Gasteiger charge is 2.36. The van der Waals surface area contributed by atoms with Crippen molar-refractivity contribution in [3.8, 4) is 22.3 Å². The lowest BCUT2D eigenvalue weighted by Crippen LogP contribution is -2.30. The zero-order chi connectivity index (χ0) is 24.4. The van der Waals surface area contributed by atoms with Crippen molar-refractivity contribution in [2.45, 2.75) is 19.3 Å². The van der Waals surface area contributed by atoms with E-state index in [4.69, 9.17) is 0 Å². The Bertz CT molecular complexity index is 1840. The van der Waals surface area contributed by atoms with Crippen LogP contribution in [0.15, 0.2) is 109 Å². The lowest BCUT2D eigenvalue weighted by atomic mass is 9.68. The van der Waals surface area contributed by atoms with Crippen LogP contribution >= 0.6 is 11.3 Å². The fourth-order valence-electron chi connectivity index (χ4n) is 5.81. The molecule has 0 saturated heterocycles. The zero-order valence-corrected chi connectivity index (χ0v) is 21.0. The van der Waals surface area contributed by atoms with E-state index in [0.717, 1.165) is 33.4 Å². The van der Waals surface area contributed by atoms with Crippen molar-refractivity contribution in [2.24, 2.45) is 0 Å². The molecule has 0 N–H and O–H groups in total. The first-order valence-corrected chi connectivity index (χ1v) is 13.1. The van der Waals surface area contributed by atoms with Gasteiger partial charge in [0.2, 0.25) is 0 Å². The van der Waals surface area contributed by atoms with Gasteiger partial charge < -0.3 is 0 Å². The van der Waals surface area contributed by atoms with Gasteiger partial charge >= 0.3 is 0 Å². The van der Waals surface area contributed by atoms with Crippen LogP contribution < -0.4 is 0 Å². The molecule has 0 amide bonds. The van der Waals surface area contributed by atoms with Gasteiger partial charge in [0.05, 0.1) is 0 Å². The van der Waals surface area contributed by atoms with Gasteiger partial charge in [-0.15, -0.1) is 11.3 Å². The lowest BCUT2D eigenvalue weighted by molar-refractivity contribution is 0.103. The third-order valence-electron chi connectivity index (χ3n) is 7.69. The van der Waals surface area contributed by atoms with Crippen LogP contribution in [-0.2, 0) is 5.41 Å². The molecule has 1 aliphatic carbocycles. The molecule has 2 heteroatoms. The van der Waals surface area contributed by atoms with Gasteiger partial charge in [-0.2, -0.15) is 0 Å². The minimum atomic E-state index is -0.211. The summed E-state index contributed by atoms with van der Waals surface area (Å²) >= 11 is 1.85. The number of carbonyl (C=O) groups excluding carboxylic acids is 1. The van der Waals surface area contributed by atoms with Crippen LogP contribution in [-0.4, -0.2) is 5.78 Å². The second-order valence-electron chi connectivity index (χ2n) is 10.1. The topological polar surface area (TPSA) is 17.1 Å². The molecule has 1 heterocycles. The van der Waals surface area contributed by atoms with E-state index < -0.39 is 0 Å². The standard InChI is InChI=1S/C34H24OS/c1-34(2)29-15-5-3-12-27(29)32(35)28-20-22(17-18-30(28)34)21-9-7-10-23(19-21)24-13-8-14-26-25-11-4-6-16-31(25)36-33(24)26/h3-20H,1-2H3. The molecule has 1 aliphatic rings. The van der Waals surface area contributed by atoms with E-state index in [2.05, 4.69) is 105 Å². The van der Waals surface area contributed by atoms with Crippen LogP contribution in [0, 0.1) is 0 Å². The maximum Gasteiger partial charge on any atom is 0.193 e. The number of rotatable bonds is 2. The molecular weight excluding hydrogens is 456 g/mol. The number of benzene rings is 5. The average Bonchev–Trinajstić information content (AvgIpc) is 3.31. The van der Waals surface area contributed by atoms with Crippen LogP contribution in [0.2, 0.25) is 0 Å². The minimum Gasteiger partial charge on any atom is -0.289 e. The Balaban J connectivity index is 1.36. The number of hydrogen-bond donors (Lipinski definition) is 0. The molecule has 6 aromatic rings. The molecule has 1 nitrogen and oxygen atoms in total. The molecular formula is C34H24OS. The third-order valence-corrected chi connectivity index (χ3v) is 8.91. The molecule has 0 unspecified atom stereocenters. The van der Waals surface area contributed by atoms with E-state index in [1.54, 1.807) is 0 Å². The summed E-state index contributed by atoms with van der Waals surface area (Å²) in [5.41, 5.74) is 8.26. The molecule has 7 rings (SSSR count). The molecule has 172 valence electrons. The van der Waals surface area contributed by atoms with E-state index in [0.29, 0.717) is 0 Å². The van der Waals surface area contributed by atoms with Crippen molar-refractivity contribution in [3.63, 3.8) is 0 Å².